The second kappa shape index (κ2) is 5.63. The van der Waals surface area contributed by atoms with Crippen LogP contribution in [0, 0.1) is 11.8 Å². The predicted molar refractivity (Wildman–Crippen MR) is 95.4 cm³/mol. The molecule has 1 saturated carbocycles. The molecule has 0 aromatic heterocycles. The van der Waals surface area contributed by atoms with Crippen molar-refractivity contribution in [2.24, 2.45) is 11.8 Å². The van der Waals surface area contributed by atoms with Gasteiger partial charge in [0.05, 0.1) is 17.8 Å². The lowest BCUT2D eigenvalue weighted by atomic mass is 9.56. The van der Waals surface area contributed by atoms with E-state index in [-0.39, 0.29) is 29.4 Å². The SMILES string of the molecule is O=C1C[C@@H]2c3ccccc3[C@@H]1[C@@H]1C(=O)N(CCc3ccccc3)C(=O)[C@@H]12. The maximum Gasteiger partial charge on any atom is 0.234 e. The van der Waals surface area contributed by atoms with Crippen LogP contribution in [0.15, 0.2) is 54.6 Å². The fourth-order valence-electron chi connectivity index (χ4n) is 5.13. The molecule has 1 saturated heterocycles. The minimum absolute atomic E-state index is 0.0899. The van der Waals surface area contributed by atoms with Gasteiger partial charge in [-0.3, -0.25) is 19.3 Å². The summed E-state index contributed by atoms with van der Waals surface area (Å²) in [5, 5.41) is 0. The second-order valence-corrected chi connectivity index (χ2v) is 7.50. The average Bonchev–Trinajstić information content (AvgIpc) is 2.93. The maximum atomic E-state index is 13.1. The van der Waals surface area contributed by atoms with E-state index in [1.165, 1.54) is 4.90 Å². The van der Waals surface area contributed by atoms with E-state index < -0.39 is 11.8 Å². The van der Waals surface area contributed by atoms with Gasteiger partial charge < -0.3 is 0 Å². The van der Waals surface area contributed by atoms with Crippen molar-refractivity contribution in [3.63, 3.8) is 0 Å². The minimum Gasteiger partial charge on any atom is -0.299 e. The third-order valence-corrected chi connectivity index (χ3v) is 6.25. The summed E-state index contributed by atoms with van der Waals surface area (Å²) in [5.74, 6) is -1.59. The van der Waals surface area contributed by atoms with Gasteiger partial charge in [0.2, 0.25) is 11.8 Å². The molecule has 26 heavy (non-hydrogen) atoms. The van der Waals surface area contributed by atoms with Crippen molar-refractivity contribution in [1.29, 1.82) is 0 Å². The molecule has 2 aromatic rings. The first-order valence-corrected chi connectivity index (χ1v) is 9.17. The molecule has 2 amide bonds. The van der Waals surface area contributed by atoms with Gasteiger partial charge in [0, 0.05) is 18.9 Å². The zero-order chi connectivity index (χ0) is 17.8. The fourth-order valence-corrected chi connectivity index (χ4v) is 5.13. The van der Waals surface area contributed by atoms with Gasteiger partial charge in [-0.2, -0.15) is 0 Å². The number of benzene rings is 2. The van der Waals surface area contributed by atoms with Crippen LogP contribution >= 0.6 is 0 Å². The van der Waals surface area contributed by atoms with Crippen molar-refractivity contribution in [3.05, 3.63) is 71.3 Å². The van der Waals surface area contributed by atoms with Crippen molar-refractivity contribution in [2.45, 2.75) is 24.7 Å². The van der Waals surface area contributed by atoms with Gasteiger partial charge in [-0.15, -0.1) is 0 Å². The van der Waals surface area contributed by atoms with Crippen LogP contribution < -0.4 is 0 Å². The molecule has 4 nitrogen and oxygen atoms in total. The van der Waals surface area contributed by atoms with Crippen LogP contribution in [0.4, 0.5) is 0 Å². The van der Waals surface area contributed by atoms with Gasteiger partial charge in [-0.05, 0) is 23.1 Å². The van der Waals surface area contributed by atoms with Crippen LogP contribution in [-0.4, -0.2) is 29.0 Å². The Kier molecular flexibility index (Phi) is 3.36. The molecule has 130 valence electrons. The molecule has 4 heteroatoms. The number of imide groups is 1. The van der Waals surface area contributed by atoms with Crippen LogP contribution in [0.3, 0.4) is 0 Å². The molecule has 2 aromatic carbocycles. The Hall–Kier alpha value is -2.75. The third kappa shape index (κ3) is 2.05. The highest BCUT2D eigenvalue weighted by atomic mass is 16.2. The monoisotopic (exact) mass is 345 g/mol. The molecular weight excluding hydrogens is 326 g/mol. The molecule has 4 aliphatic rings. The van der Waals surface area contributed by atoms with Crippen LogP contribution in [0.5, 0.6) is 0 Å². The Labute approximate surface area is 151 Å². The molecule has 1 aliphatic heterocycles. The van der Waals surface area contributed by atoms with E-state index in [0.29, 0.717) is 19.4 Å². The summed E-state index contributed by atoms with van der Waals surface area (Å²) in [6.07, 6.45) is 1.03. The number of hydrogen-bond donors (Lipinski definition) is 0. The van der Waals surface area contributed by atoms with E-state index >= 15 is 0 Å². The molecule has 2 bridgehead atoms. The molecule has 2 fully saturated rings. The van der Waals surface area contributed by atoms with Gasteiger partial charge in [-0.25, -0.2) is 0 Å². The molecule has 4 atom stereocenters. The summed E-state index contributed by atoms with van der Waals surface area (Å²) in [4.78, 5) is 40.2. The number of carbonyl (C=O) groups excluding carboxylic acids is 3. The van der Waals surface area contributed by atoms with Gasteiger partial charge in [0.25, 0.3) is 0 Å². The van der Waals surface area contributed by atoms with Crippen molar-refractivity contribution in [2.75, 3.05) is 6.54 Å². The van der Waals surface area contributed by atoms with Crippen LogP contribution in [0.25, 0.3) is 0 Å². The Morgan fingerprint density at radius 1 is 0.808 bits per heavy atom. The topological polar surface area (TPSA) is 54.5 Å². The van der Waals surface area contributed by atoms with Gasteiger partial charge in [0.15, 0.2) is 0 Å². The Balaban J connectivity index is 1.48. The first kappa shape index (κ1) is 15.5. The largest absolute Gasteiger partial charge is 0.299 e. The lowest BCUT2D eigenvalue weighted by Gasteiger charge is -2.43. The summed E-state index contributed by atoms with van der Waals surface area (Å²) in [6, 6.07) is 17.7. The lowest BCUT2D eigenvalue weighted by molar-refractivity contribution is -0.140. The zero-order valence-corrected chi connectivity index (χ0v) is 14.3. The molecular formula is C22H19NO3. The molecule has 0 unspecified atom stereocenters. The highest BCUT2D eigenvalue weighted by molar-refractivity contribution is 6.11. The van der Waals surface area contributed by atoms with E-state index in [2.05, 4.69) is 0 Å². The first-order valence-electron chi connectivity index (χ1n) is 9.17. The van der Waals surface area contributed by atoms with Crippen molar-refractivity contribution >= 4 is 17.6 Å². The van der Waals surface area contributed by atoms with Crippen molar-refractivity contribution in [1.82, 2.24) is 4.90 Å². The first-order chi connectivity index (χ1) is 12.7. The van der Waals surface area contributed by atoms with E-state index in [1.54, 1.807) is 0 Å². The standard InChI is InChI=1S/C22H19NO3/c24-17-12-16-14-8-4-5-9-15(14)18(17)20-19(16)21(25)23(22(20)26)11-10-13-6-2-1-3-7-13/h1-9,16,18-20H,10-12H2/t16-,18+,19-,20+/m1/s1. The van der Waals surface area contributed by atoms with Gasteiger partial charge >= 0.3 is 0 Å². The normalized spacial score (nSPS) is 29.1. The summed E-state index contributed by atoms with van der Waals surface area (Å²) < 4.78 is 0. The van der Waals surface area contributed by atoms with Gasteiger partial charge in [0.1, 0.15) is 5.78 Å². The van der Waals surface area contributed by atoms with E-state index in [4.69, 9.17) is 0 Å². The number of amides is 2. The fraction of sp³-hybridized carbons (Fsp3) is 0.318. The number of fused-ring (bicyclic) bond motifs is 1. The van der Waals surface area contributed by atoms with Crippen molar-refractivity contribution < 1.29 is 14.4 Å². The lowest BCUT2D eigenvalue weighted by Crippen LogP contribution is -2.44. The van der Waals surface area contributed by atoms with Crippen LogP contribution in [0.1, 0.15) is 34.9 Å². The van der Waals surface area contributed by atoms with Gasteiger partial charge in [-0.1, -0.05) is 54.6 Å². The highest BCUT2D eigenvalue weighted by Gasteiger charge is 2.62. The van der Waals surface area contributed by atoms with E-state index in [9.17, 15) is 14.4 Å². The molecule has 0 radical (unpaired) electrons. The van der Waals surface area contributed by atoms with Crippen LogP contribution in [0.2, 0.25) is 0 Å². The maximum absolute atomic E-state index is 13.1. The van der Waals surface area contributed by atoms with E-state index in [0.717, 1.165) is 16.7 Å². The quantitative estimate of drug-likeness (QED) is 0.804. The number of ketones is 1. The second-order valence-electron chi connectivity index (χ2n) is 7.50. The third-order valence-electron chi connectivity index (χ3n) is 6.25. The highest BCUT2D eigenvalue weighted by Crippen LogP contribution is 2.57. The zero-order valence-electron chi connectivity index (χ0n) is 14.3. The molecule has 0 spiro atoms. The molecule has 1 heterocycles. The molecule has 3 aliphatic carbocycles. The number of Topliss-reactive ketones (excluding diaryl/α,β-unsaturated/α-hetero) is 1. The number of likely N-dealkylation sites (tertiary alicyclic amines) is 1. The molecule has 6 rings (SSSR count). The predicted octanol–water partition coefficient (Wildman–Crippen LogP) is 2.68. The number of carbonyl (C=O) groups is 3. The Morgan fingerprint density at radius 2 is 1.46 bits per heavy atom. The Morgan fingerprint density at radius 3 is 2.23 bits per heavy atom. The molecule has 0 N–H and O–H groups in total. The minimum atomic E-state index is -0.501. The summed E-state index contributed by atoms with van der Waals surface area (Å²) in [6.45, 7) is 0.388. The average molecular weight is 345 g/mol. The number of nitrogens with zero attached hydrogens (tertiary/aromatic N) is 1. The van der Waals surface area contributed by atoms with E-state index in [1.807, 2.05) is 54.6 Å². The number of rotatable bonds is 3. The smallest absolute Gasteiger partial charge is 0.234 e. The van der Waals surface area contributed by atoms with Crippen molar-refractivity contribution in [3.8, 4) is 0 Å². The summed E-state index contributed by atoms with van der Waals surface area (Å²) >= 11 is 0. The summed E-state index contributed by atoms with van der Waals surface area (Å²) in [5.41, 5.74) is 3.15. The summed E-state index contributed by atoms with van der Waals surface area (Å²) in [7, 11) is 0. The Bertz CT molecular complexity index is 920. The van der Waals surface area contributed by atoms with Crippen LogP contribution in [-0.2, 0) is 20.8 Å². The number of hydrogen-bond acceptors (Lipinski definition) is 3.